The minimum Gasteiger partial charge on any atom is -0.492 e. The van der Waals surface area contributed by atoms with Gasteiger partial charge in [0.1, 0.15) is 11.5 Å². The molecule has 2 nitrogen and oxygen atoms in total. The fraction of sp³-hybridized carbons (Fsp3) is 0.438. The number of benzene rings is 3. The average molecular weight is 459 g/mol. The molecule has 3 aromatic rings. The van der Waals surface area contributed by atoms with Crippen LogP contribution in [-0.2, 0) is 12.8 Å². The van der Waals surface area contributed by atoms with Gasteiger partial charge < -0.3 is 9.47 Å². The summed E-state index contributed by atoms with van der Waals surface area (Å²) in [5.41, 5.74) is 2.62. The summed E-state index contributed by atoms with van der Waals surface area (Å²) in [4.78, 5) is 0. The topological polar surface area (TPSA) is 18.5 Å². The van der Waals surface area contributed by atoms with E-state index in [2.05, 4.69) is 88.4 Å². The number of ether oxygens (including phenoxy) is 2. The van der Waals surface area contributed by atoms with Crippen LogP contribution in [0, 0.1) is 0 Å². The molecule has 0 aliphatic carbocycles. The molecule has 2 heteroatoms. The third kappa shape index (κ3) is 6.23. The summed E-state index contributed by atoms with van der Waals surface area (Å²) >= 11 is 0. The van der Waals surface area contributed by atoms with Crippen LogP contribution < -0.4 is 9.47 Å². The maximum atomic E-state index is 6.56. The van der Waals surface area contributed by atoms with E-state index in [4.69, 9.17) is 9.47 Å². The first kappa shape index (κ1) is 25.9. The van der Waals surface area contributed by atoms with Gasteiger partial charge in [-0.25, -0.2) is 0 Å². The molecule has 3 rings (SSSR count). The van der Waals surface area contributed by atoms with Crippen molar-refractivity contribution in [3.8, 4) is 11.5 Å². The van der Waals surface area contributed by atoms with Crippen molar-refractivity contribution in [2.75, 3.05) is 13.2 Å². The molecular formula is C32H42O2. The molecule has 0 aliphatic heterocycles. The standard InChI is InChI=1S/C32H42O2/c1-5-9-11-13-15-23-33-31-27-21-17-20-26(8-4)30(27)32(34-24-16-14-12-10-6-2)28-22-18-19-25(7-3)29(28)31/h11-14,17-22H,5-10,15-16,23-24H2,1-4H3/b13-11+,14-12+. The average Bonchev–Trinajstić information content (AvgIpc) is 2.87. The Morgan fingerprint density at radius 3 is 1.35 bits per heavy atom. The molecule has 0 bridgehead atoms. The summed E-state index contributed by atoms with van der Waals surface area (Å²) in [5, 5.41) is 4.75. The first-order chi connectivity index (χ1) is 16.8. The van der Waals surface area contributed by atoms with E-state index < -0.39 is 0 Å². The van der Waals surface area contributed by atoms with Crippen molar-refractivity contribution in [1.29, 1.82) is 0 Å². The van der Waals surface area contributed by atoms with Crippen LogP contribution in [0.1, 0.15) is 77.3 Å². The van der Waals surface area contributed by atoms with Gasteiger partial charge in [0.05, 0.1) is 13.2 Å². The summed E-state index contributed by atoms with van der Waals surface area (Å²) < 4.78 is 13.1. The van der Waals surface area contributed by atoms with Crippen molar-refractivity contribution < 1.29 is 9.47 Å². The Labute approximate surface area is 206 Å². The largest absolute Gasteiger partial charge is 0.492 e. The Morgan fingerprint density at radius 2 is 0.971 bits per heavy atom. The molecule has 0 aliphatic rings. The number of fused-ring (bicyclic) bond motifs is 2. The number of allylic oxidation sites excluding steroid dienone is 2. The molecule has 3 aromatic carbocycles. The zero-order valence-electron chi connectivity index (χ0n) is 21.7. The second-order valence-corrected chi connectivity index (χ2v) is 8.84. The predicted molar refractivity (Wildman–Crippen MR) is 149 cm³/mol. The van der Waals surface area contributed by atoms with E-state index in [1.165, 1.54) is 45.5 Å². The third-order valence-corrected chi connectivity index (χ3v) is 6.31. The minimum absolute atomic E-state index is 0.682. The van der Waals surface area contributed by atoms with Gasteiger partial charge in [-0.05, 0) is 49.7 Å². The molecule has 0 aromatic heterocycles. The van der Waals surface area contributed by atoms with Crippen LogP contribution in [0.25, 0.3) is 21.5 Å². The molecule has 34 heavy (non-hydrogen) atoms. The first-order valence-electron chi connectivity index (χ1n) is 13.3. The van der Waals surface area contributed by atoms with E-state index in [9.17, 15) is 0 Å². The van der Waals surface area contributed by atoms with E-state index in [-0.39, 0.29) is 0 Å². The Bertz CT molecular complexity index is 1020. The molecule has 0 spiro atoms. The summed E-state index contributed by atoms with van der Waals surface area (Å²) in [6.45, 7) is 10.2. The lowest BCUT2D eigenvalue weighted by atomic mass is 9.93. The molecule has 182 valence electrons. The van der Waals surface area contributed by atoms with Crippen molar-refractivity contribution in [2.24, 2.45) is 0 Å². The van der Waals surface area contributed by atoms with Crippen LogP contribution in [-0.4, -0.2) is 13.2 Å². The fourth-order valence-corrected chi connectivity index (χ4v) is 4.54. The molecule has 0 fully saturated rings. The highest BCUT2D eigenvalue weighted by molar-refractivity contribution is 6.13. The summed E-state index contributed by atoms with van der Waals surface area (Å²) in [6.07, 6.45) is 17.4. The molecule has 0 saturated heterocycles. The molecule has 0 N–H and O–H groups in total. The van der Waals surface area contributed by atoms with Crippen LogP contribution in [0.15, 0.2) is 60.7 Å². The van der Waals surface area contributed by atoms with Gasteiger partial charge in [0.15, 0.2) is 0 Å². The number of aryl methyl sites for hydroxylation is 2. The Balaban J connectivity index is 2.09. The summed E-state index contributed by atoms with van der Waals surface area (Å²) in [7, 11) is 0. The maximum Gasteiger partial charge on any atom is 0.135 e. The highest BCUT2D eigenvalue weighted by Gasteiger charge is 2.20. The smallest absolute Gasteiger partial charge is 0.135 e. The number of hydrogen-bond acceptors (Lipinski definition) is 2. The van der Waals surface area contributed by atoms with Gasteiger partial charge >= 0.3 is 0 Å². The first-order valence-corrected chi connectivity index (χ1v) is 13.3. The fourth-order valence-electron chi connectivity index (χ4n) is 4.54. The molecule has 0 atom stereocenters. The van der Waals surface area contributed by atoms with E-state index in [1.54, 1.807) is 0 Å². The van der Waals surface area contributed by atoms with Gasteiger partial charge in [-0.1, -0.05) is 101 Å². The Hall–Kier alpha value is -2.74. The molecular weight excluding hydrogens is 416 g/mol. The van der Waals surface area contributed by atoms with Crippen molar-refractivity contribution in [3.63, 3.8) is 0 Å². The Kier molecular flexibility index (Phi) is 10.5. The number of hydrogen-bond donors (Lipinski definition) is 0. The highest BCUT2D eigenvalue weighted by atomic mass is 16.5. The lowest BCUT2D eigenvalue weighted by Crippen LogP contribution is -2.04. The van der Waals surface area contributed by atoms with Gasteiger partial charge in [-0.2, -0.15) is 0 Å². The van der Waals surface area contributed by atoms with Crippen molar-refractivity contribution >= 4 is 21.5 Å². The molecule has 0 unspecified atom stereocenters. The zero-order chi connectivity index (χ0) is 24.2. The van der Waals surface area contributed by atoms with E-state index in [0.717, 1.165) is 50.0 Å². The van der Waals surface area contributed by atoms with E-state index >= 15 is 0 Å². The van der Waals surface area contributed by atoms with Crippen LogP contribution in [0.4, 0.5) is 0 Å². The summed E-state index contributed by atoms with van der Waals surface area (Å²) in [5.74, 6) is 2.02. The predicted octanol–water partition coefficient (Wildman–Crippen LogP) is 9.37. The van der Waals surface area contributed by atoms with E-state index in [0.29, 0.717) is 13.2 Å². The van der Waals surface area contributed by atoms with Crippen molar-refractivity contribution in [3.05, 3.63) is 71.8 Å². The second-order valence-electron chi connectivity index (χ2n) is 8.84. The van der Waals surface area contributed by atoms with Gasteiger partial charge in [0, 0.05) is 21.5 Å². The van der Waals surface area contributed by atoms with Crippen LogP contribution in [0.3, 0.4) is 0 Å². The van der Waals surface area contributed by atoms with Gasteiger partial charge in [-0.15, -0.1) is 0 Å². The zero-order valence-corrected chi connectivity index (χ0v) is 21.7. The second kappa shape index (κ2) is 13.8. The lowest BCUT2D eigenvalue weighted by molar-refractivity contribution is 0.326. The molecule has 0 saturated carbocycles. The molecule has 0 radical (unpaired) electrons. The van der Waals surface area contributed by atoms with Gasteiger partial charge in [0.25, 0.3) is 0 Å². The minimum atomic E-state index is 0.682. The molecule has 0 amide bonds. The lowest BCUT2D eigenvalue weighted by Gasteiger charge is -2.21. The molecule has 0 heterocycles. The summed E-state index contributed by atoms with van der Waals surface area (Å²) in [6, 6.07) is 13.2. The van der Waals surface area contributed by atoms with Crippen molar-refractivity contribution in [1.82, 2.24) is 0 Å². The normalized spacial score (nSPS) is 11.9. The van der Waals surface area contributed by atoms with Crippen LogP contribution >= 0.6 is 0 Å². The SMILES string of the molecule is CCC/C=C/CCOc1c2cccc(CC)c2c(OCC/C=C/CCC)c2cccc(CC)c12. The van der Waals surface area contributed by atoms with Crippen molar-refractivity contribution in [2.45, 2.75) is 79.1 Å². The quantitative estimate of drug-likeness (QED) is 0.136. The third-order valence-electron chi connectivity index (χ3n) is 6.31. The highest BCUT2D eigenvalue weighted by Crippen LogP contribution is 2.45. The van der Waals surface area contributed by atoms with Gasteiger partial charge in [0.2, 0.25) is 0 Å². The Morgan fingerprint density at radius 1 is 0.559 bits per heavy atom. The van der Waals surface area contributed by atoms with Gasteiger partial charge in [-0.3, -0.25) is 0 Å². The van der Waals surface area contributed by atoms with Crippen LogP contribution in [0.2, 0.25) is 0 Å². The number of rotatable bonds is 14. The van der Waals surface area contributed by atoms with E-state index in [1.807, 2.05) is 0 Å². The number of unbranched alkanes of at least 4 members (excludes halogenated alkanes) is 2. The maximum absolute atomic E-state index is 6.56. The van der Waals surface area contributed by atoms with Crippen LogP contribution in [0.5, 0.6) is 11.5 Å². The monoisotopic (exact) mass is 458 g/mol.